The number of likely N-dealkylation sites (N-methyl/N-ethyl adjacent to an activating group) is 1. The van der Waals surface area contributed by atoms with Crippen LogP contribution in [-0.2, 0) is 0 Å². The molecule has 0 saturated carbocycles. The van der Waals surface area contributed by atoms with E-state index in [-0.39, 0.29) is 0 Å². The Morgan fingerprint density at radius 2 is 1.68 bits per heavy atom. The lowest BCUT2D eigenvalue weighted by molar-refractivity contribution is 0.312. The molecular weight excluding hydrogens is 272 g/mol. The van der Waals surface area contributed by atoms with Crippen molar-refractivity contribution >= 4 is 18.0 Å². The highest BCUT2D eigenvalue weighted by Gasteiger charge is 2.16. The van der Waals surface area contributed by atoms with Gasteiger partial charge in [0.2, 0.25) is 0 Å². The minimum atomic E-state index is 0.776. The van der Waals surface area contributed by atoms with Crippen molar-refractivity contribution in [2.24, 2.45) is 0 Å². The van der Waals surface area contributed by atoms with E-state index in [0.717, 1.165) is 49.1 Å². The van der Waals surface area contributed by atoms with Crippen molar-refractivity contribution in [3.63, 3.8) is 0 Å². The molecule has 22 heavy (non-hydrogen) atoms. The minimum absolute atomic E-state index is 0.776. The second-order valence-corrected chi connectivity index (χ2v) is 5.76. The zero-order chi connectivity index (χ0) is 15.4. The number of hydrogen-bond donors (Lipinski definition) is 0. The summed E-state index contributed by atoms with van der Waals surface area (Å²) in [5, 5.41) is 0. The highest BCUT2D eigenvalue weighted by atomic mass is 15.3. The molecule has 114 valence electrons. The molecule has 0 atom stereocenters. The first-order chi connectivity index (χ1) is 10.7. The van der Waals surface area contributed by atoms with E-state index in [1.54, 1.807) is 0 Å². The molecule has 3 rings (SSSR count). The molecule has 4 heteroatoms. The smallest absolute Gasteiger partial charge is 0.154 e. The third-order valence-corrected chi connectivity index (χ3v) is 3.91. The summed E-state index contributed by atoms with van der Waals surface area (Å²) >= 11 is 0. The molecule has 1 aliphatic heterocycles. The van der Waals surface area contributed by atoms with E-state index in [2.05, 4.69) is 46.1 Å². The molecule has 0 radical (unpaired) electrons. The van der Waals surface area contributed by atoms with Gasteiger partial charge in [-0.25, -0.2) is 9.97 Å². The van der Waals surface area contributed by atoms with Gasteiger partial charge in [0.15, 0.2) is 5.82 Å². The van der Waals surface area contributed by atoms with Crippen molar-refractivity contribution < 1.29 is 0 Å². The van der Waals surface area contributed by atoms with E-state index in [4.69, 9.17) is 4.98 Å². The fourth-order valence-electron chi connectivity index (χ4n) is 2.58. The van der Waals surface area contributed by atoms with Crippen LogP contribution in [0.3, 0.4) is 0 Å². The Kier molecular flexibility index (Phi) is 4.49. The van der Waals surface area contributed by atoms with Crippen LogP contribution in [0.15, 0.2) is 36.4 Å². The van der Waals surface area contributed by atoms with Gasteiger partial charge < -0.3 is 9.80 Å². The summed E-state index contributed by atoms with van der Waals surface area (Å²) in [5.74, 6) is 1.81. The summed E-state index contributed by atoms with van der Waals surface area (Å²) in [6.45, 7) is 6.24. The van der Waals surface area contributed by atoms with Gasteiger partial charge in [-0.3, -0.25) is 0 Å². The predicted molar refractivity (Wildman–Crippen MR) is 91.8 cm³/mol. The topological polar surface area (TPSA) is 32.3 Å². The van der Waals surface area contributed by atoms with Crippen LogP contribution in [0, 0.1) is 6.92 Å². The second kappa shape index (κ2) is 6.71. The summed E-state index contributed by atoms with van der Waals surface area (Å²) in [4.78, 5) is 13.9. The number of nitrogens with zero attached hydrogens (tertiary/aromatic N) is 4. The van der Waals surface area contributed by atoms with Crippen LogP contribution in [0.4, 0.5) is 5.82 Å². The van der Waals surface area contributed by atoms with Crippen molar-refractivity contribution in [1.29, 1.82) is 0 Å². The Bertz CT molecular complexity index is 643. The molecule has 1 aromatic heterocycles. The van der Waals surface area contributed by atoms with Gasteiger partial charge in [0.1, 0.15) is 5.82 Å². The largest absolute Gasteiger partial charge is 0.354 e. The van der Waals surface area contributed by atoms with E-state index in [0.29, 0.717) is 0 Å². The quantitative estimate of drug-likeness (QED) is 0.871. The van der Waals surface area contributed by atoms with E-state index in [1.165, 1.54) is 0 Å². The Hall–Kier alpha value is -2.20. The number of aryl methyl sites for hydroxylation is 1. The molecule has 1 saturated heterocycles. The molecule has 0 N–H and O–H groups in total. The van der Waals surface area contributed by atoms with Crippen molar-refractivity contribution in [2.75, 3.05) is 38.1 Å². The van der Waals surface area contributed by atoms with Crippen LogP contribution < -0.4 is 4.90 Å². The molecule has 1 aliphatic rings. The van der Waals surface area contributed by atoms with Crippen molar-refractivity contribution in [1.82, 2.24) is 14.9 Å². The monoisotopic (exact) mass is 294 g/mol. The maximum atomic E-state index is 4.71. The summed E-state index contributed by atoms with van der Waals surface area (Å²) in [6.07, 6.45) is 4.05. The first kappa shape index (κ1) is 14.7. The highest BCUT2D eigenvalue weighted by molar-refractivity contribution is 5.67. The number of piperazine rings is 1. The third-order valence-electron chi connectivity index (χ3n) is 3.91. The first-order valence-corrected chi connectivity index (χ1v) is 7.73. The third kappa shape index (κ3) is 3.71. The van der Waals surface area contributed by atoms with Crippen LogP contribution >= 0.6 is 0 Å². The molecule has 4 nitrogen and oxygen atoms in total. The number of aromatic nitrogens is 2. The first-order valence-electron chi connectivity index (χ1n) is 7.73. The average molecular weight is 294 g/mol. The normalized spacial score (nSPS) is 16.4. The summed E-state index contributed by atoms with van der Waals surface area (Å²) < 4.78 is 0. The van der Waals surface area contributed by atoms with Gasteiger partial charge in [-0.1, -0.05) is 36.4 Å². The minimum Gasteiger partial charge on any atom is -0.354 e. The van der Waals surface area contributed by atoms with E-state index in [9.17, 15) is 0 Å². The average Bonchev–Trinajstić information content (AvgIpc) is 2.54. The van der Waals surface area contributed by atoms with E-state index >= 15 is 0 Å². The van der Waals surface area contributed by atoms with Crippen molar-refractivity contribution in [3.05, 3.63) is 53.5 Å². The van der Waals surface area contributed by atoms with Gasteiger partial charge in [0.25, 0.3) is 0 Å². The second-order valence-electron chi connectivity index (χ2n) is 5.76. The molecule has 2 aromatic rings. The number of benzene rings is 1. The molecule has 0 aliphatic carbocycles. The number of rotatable bonds is 3. The van der Waals surface area contributed by atoms with Crippen molar-refractivity contribution in [2.45, 2.75) is 6.92 Å². The fourth-order valence-corrected chi connectivity index (χ4v) is 2.58. The van der Waals surface area contributed by atoms with Crippen molar-refractivity contribution in [3.8, 4) is 0 Å². The van der Waals surface area contributed by atoms with Gasteiger partial charge in [-0.15, -0.1) is 0 Å². The number of anilines is 1. The lowest BCUT2D eigenvalue weighted by Crippen LogP contribution is -2.44. The molecule has 2 heterocycles. The Balaban J connectivity index is 1.79. The maximum Gasteiger partial charge on any atom is 0.154 e. The fraction of sp³-hybridized carbons (Fsp3) is 0.333. The van der Waals surface area contributed by atoms with Crippen LogP contribution in [0.25, 0.3) is 12.2 Å². The maximum absolute atomic E-state index is 4.71. The molecule has 1 fully saturated rings. The molecule has 0 unspecified atom stereocenters. The van der Waals surface area contributed by atoms with Gasteiger partial charge in [0.05, 0.1) is 0 Å². The van der Waals surface area contributed by atoms with E-state index < -0.39 is 0 Å². The van der Waals surface area contributed by atoms with Gasteiger partial charge in [-0.2, -0.15) is 0 Å². The summed E-state index contributed by atoms with van der Waals surface area (Å²) in [5.41, 5.74) is 2.17. The Labute approximate surface area is 132 Å². The SMILES string of the molecule is Cc1cc(N2CCN(C)CC2)nc(/C=C/c2ccccc2)n1. The van der Waals surface area contributed by atoms with Gasteiger partial charge >= 0.3 is 0 Å². The summed E-state index contributed by atoms with van der Waals surface area (Å²) in [7, 11) is 2.16. The summed E-state index contributed by atoms with van der Waals surface area (Å²) in [6, 6.07) is 12.3. The number of hydrogen-bond acceptors (Lipinski definition) is 4. The molecule has 0 amide bonds. The highest BCUT2D eigenvalue weighted by Crippen LogP contribution is 2.16. The zero-order valence-corrected chi connectivity index (χ0v) is 13.2. The lowest BCUT2D eigenvalue weighted by atomic mass is 10.2. The zero-order valence-electron chi connectivity index (χ0n) is 13.2. The molecule has 0 bridgehead atoms. The molecule has 1 aromatic carbocycles. The van der Waals surface area contributed by atoms with E-state index in [1.807, 2.05) is 31.2 Å². The van der Waals surface area contributed by atoms with Crippen LogP contribution in [0.1, 0.15) is 17.1 Å². The van der Waals surface area contributed by atoms with Crippen LogP contribution in [0.5, 0.6) is 0 Å². The van der Waals surface area contributed by atoms with Crippen LogP contribution in [-0.4, -0.2) is 48.1 Å². The molecular formula is C18H22N4. The Morgan fingerprint density at radius 3 is 2.41 bits per heavy atom. The van der Waals surface area contributed by atoms with Crippen LogP contribution in [0.2, 0.25) is 0 Å². The molecule has 0 spiro atoms. The predicted octanol–water partition coefficient (Wildman–Crippen LogP) is 2.71. The lowest BCUT2D eigenvalue weighted by Gasteiger charge is -2.33. The Morgan fingerprint density at radius 1 is 0.955 bits per heavy atom. The standard InChI is InChI=1S/C18H22N4/c1-15-14-18(22-12-10-21(2)11-13-22)20-17(19-15)9-8-16-6-4-3-5-7-16/h3-9,14H,10-13H2,1-2H3/b9-8+. The van der Waals surface area contributed by atoms with Gasteiger partial charge in [0, 0.05) is 37.9 Å². The van der Waals surface area contributed by atoms with Gasteiger partial charge in [-0.05, 0) is 25.6 Å².